The van der Waals surface area contributed by atoms with Gasteiger partial charge in [-0.1, -0.05) is 35.3 Å². The fourth-order valence-electron chi connectivity index (χ4n) is 2.20. The molecule has 4 aromatic rings. The van der Waals surface area contributed by atoms with Gasteiger partial charge in [0, 0.05) is 0 Å². The molecule has 4 nitrogen and oxygen atoms in total. The fourth-order valence-corrected chi connectivity index (χ4v) is 2.52. The molecule has 1 N–H and O–H groups in total. The van der Waals surface area contributed by atoms with Gasteiger partial charge in [0.15, 0.2) is 5.82 Å². The Labute approximate surface area is 129 Å². The Bertz CT molecular complexity index is 939. The lowest BCUT2D eigenvalue weighted by molar-refractivity contribution is 1.22. The summed E-state index contributed by atoms with van der Waals surface area (Å²) in [6, 6.07) is 11.2. The lowest BCUT2D eigenvalue weighted by Crippen LogP contribution is -1.89. The first-order chi connectivity index (χ1) is 10.2. The van der Waals surface area contributed by atoms with E-state index in [-0.39, 0.29) is 0 Å². The highest BCUT2D eigenvalue weighted by Gasteiger charge is 2.10. The molecule has 0 fully saturated rings. The number of H-pyrrole nitrogens is 1. The van der Waals surface area contributed by atoms with Crippen molar-refractivity contribution < 1.29 is 0 Å². The maximum Gasteiger partial charge on any atom is 0.158 e. The Kier molecular flexibility index (Phi) is 2.80. The summed E-state index contributed by atoms with van der Waals surface area (Å²) < 4.78 is 0. The van der Waals surface area contributed by atoms with Crippen LogP contribution in [0.3, 0.4) is 0 Å². The van der Waals surface area contributed by atoms with Gasteiger partial charge in [-0.3, -0.25) is 4.98 Å². The molecule has 0 saturated heterocycles. The second-order valence-electron chi connectivity index (χ2n) is 4.61. The van der Waals surface area contributed by atoms with Crippen molar-refractivity contribution in [2.45, 2.75) is 0 Å². The maximum atomic E-state index is 6.01. The van der Waals surface area contributed by atoms with Gasteiger partial charge in [0.2, 0.25) is 0 Å². The molecule has 21 heavy (non-hydrogen) atoms. The van der Waals surface area contributed by atoms with E-state index in [2.05, 4.69) is 19.9 Å². The average molecular weight is 315 g/mol. The maximum absolute atomic E-state index is 6.01. The number of rotatable bonds is 1. The average Bonchev–Trinajstić information content (AvgIpc) is 2.90. The third-order valence-corrected chi connectivity index (χ3v) is 3.94. The Balaban J connectivity index is 1.91. The van der Waals surface area contributed by atoms with E-state index in [4.69, 9.17) is 23.2 Å². The first kappa shape index (κ1) is 12.6. The number of nitrogens with one attached hydrogen (secondary N) is 1. The predicted molar refractivity (Wildman–Crippen MR) is 84.6 cm³/mol. The molecule has 0 aliphatic carbocycles. The van der Waals surface area contributed by atoms with Crippen molar-refractivity contribution in [3.05, 3.63) is 52.6 Å². The van der Waals surface area contributed by atoms with Crippen molar-refractivity contribution in [3.63, 3.8) is 0 Å². The lowest BCUT2D eigenvalue weighted by Gasteiger charge is -1.98. The number of hydrogen-bond acceptors (Lipinski definition) is 3. The summed E-state index contributed by atoms with van der Waals surface area (Å²) in [4.78, 5) is 16.6. The minimum atomic E-state index is 0.479. The van der Waals surface area contributed by atoms with E-state index in [0.29, 0.717) is 21.6 Å². The molecular weight excluding hydrogens is 307 g/mol. The summed E-state index contributed by atoms with van der Waals surface area (Å²) in [7, 11) is 0. The van der Waals surface area contributed by atoms with Gasteiger partial charge >= 0.3 is 0 Å². The van der Waals surface area contributed by atoms with Gasteiger partial charge in [0.25, 0.3) is 0 Å². The van der Waals surface area contributed by atoms with Crippen molar-refractivity contribution in [2.24, 2.45) is 0 Å². The summed E-state index contributed by atoms with van der Waals surface area (Å²) in [5.41, 5.74) is 3.91. The molecule has 0 saturated carbocycles. The molecule has 0 radical (unpaired) electrons. The third kappa shape index (κ3) is 2.13. The normalized spacial score (nSPS) is 11.3. The van der Waals surface area contributed by atoms with Crippen LogP contribution in [-0.2, 0) is 0 Å². The number of aromatic nitrogens is 4. The van der Waals surface area contributed by atoms with Crippen LogP contribution in [0.2, 0.25) is 10.0 Å². The number of fused-ring (bicyclic) bond motifs is 2. The Morgan fingerprint density at radius 2 is 1.62 bits per heavy atom. The Hall–Kier alpha value is -2.17. The van der Waals surface area contributed by atoms with Crippen LogP contribution in [0.5, 0.6) is 0 Å². The fraction of sp³-hybridized carbons (Fsp3) is 0. The van der Waals surface area contributed by atoms with E-state index in [9.17, 15) is 0 Å². The monoisotopic (exact) mass is 314 g/mol. The summed E-state index contributed by atoms with van der Waals surface area (Å²) in [5.74, 6) is 0.640. The molecule has 0 aliphatic heterocycles. The van der Waals surface area contributed by atoms with Crippen molar-refractivity contribution in [1.29, 1.82) is 0 Å². The number of para-hydroxylation sites is 2. The summed E-state index contributed by atoms with van der Waals surface area (Å²) >= 11 is 12.0. The van der Waals surface area contributed by atoms with Crippen LogP contribution in [0.1, 0.15) is 0 Å². The molecule has 102 valence electrons. The van der Waals surface area contributed by atoms with Crippen LogP contribution in [0.4, 0.5) is 0 Å². The standard InChI is InChI=1S/C15H8Cl2N4/c16-8-5-12-13(6-9(8)17)21-15(20-12)14-7-18-10-3-1-2-4-11(10)19-14/h1-7H,(H,20,21). The first-order valence-corrected chi connectivity index (χ1v) is 7.03. The molecule has 6 heteroatoms. The van der Waals surface area contributed by atoms with Crippen LogP contribution in [0, 0.1) is 0 Å². The zero-order valence-corrected chi connectivity index (χ0v) is 12.2. The minimum Gasteiger partial charge on any atom is -0.337 e. The van der Waals surface area contributed by atoms with E-state index >= 15 is 0 Å². The Morgan fingerprint density at radius 3 is 2.48 bits per heavy atom. The third-order valence-electron chi connectivity index (χ3n) is 3.22. The number of benzene rings is 2. The summed E-state index contributed by atoms with van der Waals surface area (Å²) in [6.45, 7) is 0. The van der Waals surface area contributed by atoms with E-state index < -0.39 is 0 Å². The largest absolute Gasteiger partial charge is 0.337 e. The smallest absolute Gasteiger partial charge is 0.158 e. The SMILES string of the molecule is Clc1cc2nc(-c3cnc4ccccc4n3)[nH]c2cc1Cl. The van der Waals surface area contributed by atoms with Gasteiger partial charge in [0.1, 0.15) is 5.69 Å². The molecular formula is C15H8Cl2N4. The van der Waals surface area contributed by atoms with Crippen molar-refractivity contribution in [2.75, 3.05) is 0 Å². The number of halogens is 2. The second-order valence-corrected chi connectivity index (χ2v) is 5.43. The quantitative estimate of drug-likeness (QED) is 0.563. The highest BCUT2D eigenvalue weighted by atomic mass is 35.5. The summed E-state index contributed by atoms with van der Waals surface area (Å²) in [6.07, 6.45) is 1.70. The molecule has 0 amide bonds. The highest BCUT2D eigenvalue weighted by Crippen LogP contribution is 2.28. The zero-order chi connectivity index (χ0) is 14.4. The minimum absolute atomic E-state index is 0.479. The van der Waals surface area contributed by atoms with Gasteiger partial charge in [-0.2, -0.15) is 0 Å². The molecule has 0 spiro atoms. The number of hydrogen-bond donors (Lipinski definition) is 1. The van der Waals surface area contributed by atoms with Gasteiger partial charge in [-0.25, -0.2) is 9.97 Å². The van der Waals surface area contributed by atoms with E-state index in [1.807, 2.05) is 24.3 Å². The number of aromatic amines is 1. The molecule has 4 rings (SSSR count). The lowest BCUT2D eigenvalue weighted by atomic mass is 10.3. The Morgan fingerprint density at radius 1 is 0.857 bits per heavy atom. The predicted octanol–water partition coefficient (Wildman–Crippen LogP) is 4.48. The van der Waals surface area contributed by atoms with Crippen LogP contribution in [0.25, 0.3) is 33.6 Å². The number of nitrogens with zero attached hydrogens (tertiary/aromatic N) is 3. The first-order valence-electron chi connectivity index (χ1n) is 6.27. The molecule has 0 bridgehead atoms. The van der Waals surface area contributed by atoms with Gasteiger partial charge in [-0.05, 0) is 24.3 Å². The van der Waals surface area contributed by atoms with Crippen molar-refractivity contribution in [3.8, 4) is 11.5 Å². The molecule has 2 aromatic heterocycles. The second kappa shape index (κ2) is 4.69. The van der Waals surface area contributed by atoms with Gasteiger partial charge < -0.3 is 4.98 Å². The van der Waals surface area contributed by atoms with E-state index in [0.717, 1.165) is 22.1 Å². The van der Waals surface area contributed by atoms with Gasteiger partial charge in [0.05, 0.1) is 38.3 Å². The molecule has 0 unspecified atom stereocenters. The van der Waals surface area contributed by atoms with Gasteiger partial charge in [-0.15, -0.1) is 0 Å². The van der Waals surface area contributed by atoms with Crippen LogP contribution in [0.15, 0.2) is 42.6 Å². The van der Waals surface area contributed by atoms with E-state index in [1.54, 1.807) is 18.3 Å². The zero-order valence-electron chi connectivity index (χ0n) is 10.6. The molecule has 0 atom stereocenters. The van der Waals surface area contributed by atoms with Crippen LogP contribution >= 0.6 is 23.2 Å². The van der Waals surface area contributed by atoms with Crippen molar-refractivity contribution >= 4 is 45.3 Å². The highest BCUT2D eigenvalue weighted by molar-refractivity contribution is 6.42. The summed E-state index contributed by atoms with van der Waals surface area (Å²) in [5, 5.41) is 0.968. The van der Waals surface area contributed by atoms with Crippen molar-refractivity contribution in [1.82, 2.24) is 19.9 Å². The molecule has 2 aromatic carbocycles. The van der Waals surface area contributed by atoms with Crippen LogP contribution < -0.4 is 0 Å². The molecule has 0 aliphatic rings. The number of imidazole rings is 1. The molecule has 2 heterocycles. The van der Waals surface area contributed by atoms with E-state index in [1.165, 1.54) is 0 Å². The van der Waals surface area contributed by atoms with Crippen LogP contribution in [-0.4, -0.2) is 19.9 Å². The topological polar surface area (TPSA) is 54.5 Å².